The van der Waals surface area contributed by atoms with Crippen molar-refractivity contribution in [2.24, 2.45) is 7.05 Å². The molecule has 1 aromatic carbocycles. The van der Waals surface area contributed by atoms with Gasteiger partial charge >= 0.3 is 5.69 Å². The smallest absolute Gasteiger partial charge is 0.325 e. The summed E-state index contributed by atoms with van der Waals surface area (Å²) in [5.41, 5.74) is 1.72. The highest BCUT2D eigenvalue weighted by atomic mass is 35.5. The average Bonchev–Trinajstić information content (AvgIpc) is 3.34. The second-order valence-corrected chi connectivity index (χ2v) is 9.04. The number of aryl methyl sites for hydroxylation is 2. The van der Waals surface area contributed by atoms with Crippen LogP contribution in [0.25, 0.3) is 0 Å². The lowest BCUT2D eigenvalue weighted by atomic mass is 9.95. The summed E-state index contributed by atoms with van der Waals surface area (Å²) >= 11 is 6.14. The summed E-state index contributed by atoms with van der Waals surface area (Å²) in [6.07, 6.45) is 6.33. The van der Waals surface area contributed by atoms with Gasteiger partial charge in [-0.3, -0.25) is 14.3 Å². The van der Waals surface area contributed by atoms with E-state index in [0.717, 1.165) is 55.8 Å². The van der Waals surface area contributed by atoms with Gasteiger partial charge in [0.2, 0.25) is 5.91 Å². The van der Waals surface area contributed by atoms with Gasteiger partial charge in [-0.15, -0.1) is 0 Å². The fourth-order valence-corrected chi connectivity index (χ4v) is 4.89. The van der Waals surface area contributed by atoms with E-state index in [0.29, 0.717) is 17.6 Å². The molecule has 2 heterocycles. The average molecular weight is 432 g/mol. The molecule has 2 aromatic rings. The fourth-order valence-electron chi connectivity index (χ4n) is 4.71. The molecule has 4 rings (SSSR count). The Morgan fingerprint density at radius 3 is 2.57 bits per heavy atom. The lowest BCUT2D eigenvalue weighted by Gasteiger charge is -2.31. The summed E-state index contributed by atoms with van der Waals surface area (Å²) in [5.74, 6) is 1.18. The van der Waals surface area contributed by atoms with E-state index in [1.165, 1.54) is 17.5 Å². The summed E-state index contributed by atoms with van der Waals surface area (Å²) in [5, 5.41) is 8.17. The van der Waals surface area contributed by atoms with Crippen LogP contribution in [0.4, 0.5) is 5.69 Å². The van der Waals surface area contributed by atoms with Crippen molar-refractivity contribution in [3.8, 4) is 0 Å². The summed E-state index contributed by atoms with van der Waals surface area (Å²) in [6, 6.07) is 5.85. The van der Waals surface area contributed by atoms with Gasteiger partial charge in [0.15, 0.2) is 0 Å². The second kappa shape index (κ2) is 8.94. The highest BCUT2D eigenvalue weighted by Crippen LogP contribution is 2.33. The number of aromatic nitrogens is 3. The third-order valence-corrected chi connectivity index (χ3v) is 6.85. The molecule has 0 bridgehead atoms. The van der Waals surface area contributed by atoms with Gasteiger partial charge < -0.3 is 5.32 Å². The molecule has 1 N–H and O–H groups in total. The molecule has 7 nitrogen and oxygen atoms in total. The number of benzene rings is 1. The molecule has 8 heteroatoms. The number of amides is 1. The van der Waals surface area contributed by atoms with Gasteiger partial charge in [-0.05, 0) is 63.4 Å². The molecule has 0 unspecified atom stereocenters. The Hall–Kier alpha value is -2.12. The molecule has 1 aliphatic carbocycles. The highest BCUT2D eigenvalue weighted by Gasteiger charge is 2.30. The Morgan fingerprint density at radius 1 is 1.20 bits per heavy atom. The van der Waals surface area contributed by atoms with Gasteiger partial charge in [-0.2, -0.15) is 5.10 Å². The zero-order valence-electron chi connectivity index (χ0n) is 17.7. The van der Waals surface area contributed by atoms with E-state index in [-0.39, 0.29) is 17.5 Å². The third kappa shape index (κ3) is 4.47. The summed E-state index contributed by atoms with van der Waals surface area (Å²) in [6.45, 7) is 3.94. The lowest BCUT2D eigenvalue weighted by Crippen LogP contribution is -2.39. The largest absolute Gasteiger partial charge is 0.345 e. The Labute approximate surface area is 182 Å². The van der Waals surface area contributed by atoms with Gasteiger partial charge in [0.25, 0.3) is 0 Å². The van der Waals surface area contributed by atoms with Crippen molar-refractivity contribution in [1.82, 2.24) is 19.2 Å². The van der Waals surface area contributed by atoms with Crippen molar-refractivity contribution in [3.05, 3.63) is 45.1 Å². The zero-order chi connectivity index (χ0) is 21.3. The van der Waals surface area contributed by atoms with Gasteiger partial charge in [0.05, 0.1) is 6.54 Å². The number of hydrogen-bond donors (Lipinski definition) is 1. The van der Waals surface area contributed by atoms with Crippen molar-refractivity contribution in [2.45, 2.75) is 57.4 Å². The number of halogens is 1. The predicted octanol–water partition coefficient (Wildman–Crippen LogP) is 3.48. The SMILES string of the molecule is Cc1ccc(NC(=O)CN2CCC(c3nn(C)c(=O)n3C3CCCC3)CC2)cc1Cl. The van der Waals surface area contributed by atoms with Crippen molar-refractivity contribution >= 4 is 23.2 Å². The molecule has 1 aliphatic heterocycles. The van der Waals surface area contributed by atoms with Crippen LogP contribution in [0.2, 0.25) is 5.02 Å². The first-order valence-electron chi connectivity index (χ1n) is 10.9. The maximum Gasteiger partial charge on any atom is 0.345 e. The van der Waals surface area contributed by atoms with E-state index in [9.17, 15) is 9.59 Å². The van der Waals surface area contributed by atoms with Crippen LogP contribution in [-0.2, 0) is 11.8 Å². The minimum Gasteiger partial charge on any atom is -0.325 e. The molecule has 30 heavy (non-hydrogen) atoms. The first kappa shape index (κ1) is 21.1. The summed E-state index contributed by atoms with van der Waals surface area (Å²) in [7, 11) is 1.74. The standard InChI is InChI=1S/C22H30ClN5O2/c1-15-7-8-17(13-19(15)23)24-20(29)14-27-11-9-16(10-12-27)21-25-26(2)22(30)28(21)18-5-3-4-6-18/h7-8,13,16,18H,3-6,9-12,14H2,1-2H3,(H,24,29). The Bertz CT molecular complexity index is 968. The molecule has 1 amide bonds. The summed E-state index contributed by atoms with van der Waals surface area (Å²) in [4.78, 5) is 27.3. The van der Waals surface area contributed by atoms with E-state index in [4.69, 9.17) is 11.6 Å². The maximum atomic E-state index is 12.6. The van der Waals surface area contributed by atoms with Crippen molar-refractivity contribution < 1.29 is 4.79 Å². The van der Waals surface area contributed by atoms with Crippen LogP contribution in [0.3, 0.4) is 0 Å². The minimum atomic E-state index is -0.0333. The van der Waals surface area contributed by atoms with Gasteiger partial charge in [0, 0.05) is 29.7 Å². The Kier molecular flexibility index (Phi) is 6.29. The Morgan fingerprint density at radius 2 is 1.90 bits per heavy atom. The number of hydrogen-bond acceptors (Lipinski definition) is 4. The number of rotatable bonds is 5. The third-order valence-electron chi connectivity index (χ3n) is 6.45. The molecule has 0 atom stereocenters. The predicted molar refractivity (Wildman–Crippen MR) is 118 cm³/mol. The molecular weight excluding hydrogens is 402 g/mol. The van der Waals surface area contributed by atoms with Gasteiger partial charge in [-0.25, -0.2) is 9.48 Å². The van der Waals surface area contributed by atoms with Crippen LogP contribution in [0.15, 0.2) is 23.0 Å². The molecule has 1 saturated heterocycles. The van der Waals surface area contributed by atoms with Crippen LogP contribution < -0.4 is 11.0 Å². The molecule has 0 radical (unpaired) electrons. The molecule has 2 aliphatic rings. The van der Waals surface area contributed by atoms with Crippen LogP contribution in [0.5, 0.6) is 0 Å². The maximum absolute atomic E-state index is 12.6. The molecule has 1 aromatic heterocycles. The normalized spacial score (nSPS) is 18.8. The first-order valence-corrected chi connectivity index (χ1v) is 11.2. The number of carbonyl (C=O) groups excluding carboxylic acids is 1. The number of nitrogens with one attached hydrogen (secondary N) is 1. The van der Waals surface area contributed by atoms with Crippen molar-refractivity contribution in [2.75, 3.05) is 25.0 Å². The zero-order valence-corrected chi connectivity index (χ0v) is 18.5. The first-order chi connectivity index (χ1) is 14.4. The van der Waals surface area contributed by atoms with E-state index in [1.54, 1.807) is 13.1 Å². The number of nitrogens with zero attached hydrogens (tertiary/aromatic N) is 4. The highest BCUT2D eigenvalue weighted by molar-refractivity contribution is 6.31. The molecule has 1 saturated carbocycles. The number of piperidine rings is 1. The van der Waals surface area contributed by atoms with Gasteiger partial charge in [0.1, 0.15) is 5.82 Å². The topological polar surface area (TPSA) is 72.2 Å². The second-order valence-electron chi connectivity index (χ2n) is 8.64. The molecular formula is C22H30ClN5O2. The fraction of sp³-hybridized carbons (Fsp3) is 0.591. The lowest BCUT2D eigenvalue weighted by molar-refractivity contribution is -0.117. The molecule has 0 spiro atoms. The van der Waals surface area contributed by atoms with Crippen LogP contribution in [0, 0.1) is 6.92 Å². The van der Waals surface area contributed by atoms with E-state index >= 15 is 0 Å². The quantitative estimate of drug-likeness (QED) is 0.786. The van der Waals surface area contributed by atoms with E-state index in [2.05, 4.69) is 15.3 Å². The minimum absolute atomic E-state index is 0.00969. The van der Waals surface area contributed by atoms with Crippen LogP contribution in [0.1, 0.15) is 61.9 Å². The monoisotopic (exact) mass is 431 g/mol. The van der Waals surface area contributed by atoms with E-state index in [1.807, 2.05) is 23.6 Å². The number of likely N-dealkylation sites (tertiary alicyclic amines) is 1. The number of anilines is 1. The Balaban J connectivity index is 1.35. The van der Waals surface area contributed by atoms with Crippen molar-refractivity contribution in [1.29, 1.82) is 0 Å². The molecule has 162 valence electrons. The van der Waals surface area contributed by atoms with E-state index < -0.39 is 0 Å². The van der Waals surface area contributed by atoms with Crippen LogP contribution in [-0.4, -0.2) is 44.8 Å². The van der Waals surface area contributed by atoms with Crippen molar-refractivity contribution in [3.63, 3.8) is 0 Å². The molecule has 2 fully saturated rings. The van der Waals surface area contributed by atoms with Crippen LogP contribution >= 0.6 is 11.6 Å². The van der Waals surface area contributed by atoms with Gasteiger partial charge in [-0.1, -0.05) is 30.5 Å². The summed E-state index contributed by atoms with van der Waals surface area (Å²) < 4.78 is 3.45. The number of carbonyl (C=O) groups is 1.